The number of hydrogen-bond acceptors (Lipinski definition) is 3. The summed E-state index contributed by atoms with van der Waals surface area (Å²) in [5, 5.41) is 3.19. The van der Waals surface area contributed by atoms with Gasteiger partial charge in [0.15, 0.2) is 0 Å². The Labute approximate surface area is 108 Å². The van der Waals surface area contributed by atoms with Gasteiger partial charge in [0.05, 0.1) is 6.61 Å². The van der Waals surface area contributed by atoms with E-state index in [0.717, 1.165) is 25.7 Å². The van der Waals surface area contributed by atoms with Crippen LogP contribution in [0.15, 0.2) is 6.07 Å². The van der Waals surface area contributed by atoms with Crippen LogP contribution in [0.4, 0.5) is 0 Å². The van der Waals surface area contributed by atoms with E-state index >= 15 is 0 Å². The zero-order valence-corrected chi connectivity index (χ0v) is 11.7. The fourth-order valence-corrected chi connectivity index (χ4v) is 3.27. The van der Waals surface area contributed by atoms with Crippen LogP contribution >= 0.6 is 11.3 Å². The Balaban J connectivity index is 1.69. The van der Waals surface area contributed by atoms with E-state index in [2.05, 4.69) is 18.3 Å². The van der Waals surface area contributed by atoms with Gasteiger partial charge in [-0.15, -0.1) is 11.3 Å². The van der Waals surface area contributed by atoms with E-state index in [4.69, 9.17) is 4.74 Å². The molecule has 1 saturated carbocycles. The molecule has 2 rings (SSSR count). The fraction of sp³-hybridized carbons (Fsp3) is 0.714. The van der Waals surface area contributed by atoms with Gasteiger partial charge in [0, 0.05) is 22.9 Å². The third kappa shape index (κ3) is 3.80. The summed E-state index contributed by atoms with van der Waals surface area (Å²) >= 11 is 1.88. The van der Waals surface area contributed by atoms with Crippen LogP contribution in [0.2, 0.25) is 0 Å². The maximum absolute atomic E-state index is 5.78. The second-order valence-electron chi connectivity index (χ2n) is 4.96. The zero-order chi connectivity index (χ0) is 12.1. The fourth-order valence-electron chi connectivity index (χ4n) is 2.21. The minimum absolute atomic E-state index is 0.790. The molecule has 17 heavy (non-hydrogen) atoms. The number of ether oxygens (including phenoxy) is 1. The largest absolute Gasteiger partial charge is 0.377 e. The van der Waals surface area contributed by atoms with Crippen molar-refractivity contribution in [3.63, 3.8) is 0 Å². The number of rotatable bonds is 7. The molecule has 0 atom stereocenters. The highest BCUT2D eigenvalue weighted by atomic mass is 32.1. The molecule has 96 valence electrons. The SMILES string of the molecule is CNCc1cc(COCCC2CCC2)c(C)s1. The van der Waals surface area contributed by atoms with Crippen LogP contribution < -0.4 is 5.32 Å². The maximum Gasteiger partial charge on any atom is 0.0727 e. The van der Waals surface area contributed by atoms with Gasteiger partial charge in [0.2, 0.25) is 0 Å². The summed E-state index contributed by atoms with van der Waals surface area (Å²) in [6.07, 6.45) is 5.54. The van der Waals surface area contributed by atoms with Crippen LogP contribution in [0, 0.1) is 12.8 Å². The quantitative estimate of drug-likeness (QED) is 0.751. The van der Waals surface area contributed by atoms with Crippen molar-refractivity contribution in [1.29, 1.82) is 0 Å². The summed E-state index contributed by atoms with van der Waals surface area (Å²) in [6.45, 7) is 4.88. The minimum Gasteiger partial charge on any atom is -0.377 e. The molecule has 1 N–H and O–H groups in total. The second kappa shape index (κ2) is 6.53. The number of thiophene rings is 1. The van der Waals surface area contributed by atoms with E-state index in [-0.39, 0.29) is 0 Å². The number of aryl methyl sites for hydroxylation is 1. The Morgan fingerprint density at radius 2 is 2.29 bits per heavy atom. The van der Waals surface area contributed by atoms with Gasteiger partial charge in [-0.05, 0) is 37.9 Å². The molecule has 0 unspecified atom stereocenters. The molecule has 2 nitrogen and oxygen atoms in total. The average Bonchev–Trinajstić information content (AvgIpc) is 2.57. The standard InChI is InChI=1S/C14H23NOS/c1-11-13(8-14(17-11)9-15-2)10-16-7-6-12-4-3-5-12/h8,12,15H,3-7,9-10H2,1-2H3. The van der Waals surface area contributed by atoms with Crippen molar-refractivity contribution in [2.75, 3.05) is 13.7 Å². The zero-order valence-electron chi connectivity index (χ0n) is 10.9. The normalized spacial score (nSPS) is 16.1. The first-order valence-electron chi connectivity index (χ1n) is 6.60. The van der Waals surface area contributed by atoms with Gasteiger partial charge < -0.3 is 10.1 Å². The molecule has 3 heteroatoms. The molecule has 1 fully saturated rings. The van der Waals surface area contributed by atoms with Crippen molar-refractivity contribution in [1.82, 2.24) is 5.32 Å². The molecule has 0 bridgehead atoms. The highest BCUT2D eigenvalue weighted by molar-refractivity contribution is 7.12. The second-order valence-corrected chi connectivity index (χ2v) is 6.30. The summed E-state index contributed by atoms with van der Waals surface area (Å²) in [5.41, 5.74) is 1.37. The van der Waals surface area contributed by atoms with Crippen molar-refractivity contribution in [2.45, 2.75) is 45.8 Å². The molecule has 1 heterocycles. The van der Waals surface area contributed by atoms with E-state index < -0.39 is 0 Å². The van der Waals surface area contributed by atoms with Crippen molar-refractivity contribution in [3.8, 4) is 0 Å². The van der Waals surface area contributed by atoms with E-state index in [1.165, 1.54) is 41.0 Å². The van der Waals surface area contributed by atoms with E-state index in [1.54, 1.807) is 0 Å². The molecule has 0 amide bonds. The van der Waals surface area contributed by atoms with Crippen LogP contribution in [-0.4, -0.2) is 13.7 Å². The average molecular weight is 253 g/mol. The van der Waals surface area contributed by atoms with Gasteiger partial charge in [-0.1, -0.05) is 19.3 Å². The third-order valence-corrected chi connectivity index (χ3v) is 4.67. The molecule has 1 aliphatic carbocycles. The van der Waals surface area contributed by atoms with Crippen molar-refractivity contribution >= 4 is 11.3 Å². The Bertz CT molecular complexity index is 344. The monoisotopic (exact) mass is 253 g/mol. The van der Waals surface area contributed by atoms with Gasteiger partial charge in [-0.3, -0.25) is 0 Å². The predicted molar refractivity (Wildman–Crippen MR) is 73.4 cm³/mol. The topological polar surface area (TPSA) is 21.3 Å². The summed E-state index contributed by atoms with van der Waals surface area (Å²) < 4.78 is 5.78. The lowest BCUT2D eigenvalue weighted by atomic mass is 9.83. The molecule has 1 aliphatic rings. The third-order valence-electron chi connectivity index (χ3n) is 3.58. The molecule has 0 aromatic carbocycles. The molecule has 1 aromatic rings. The summed E-state index contributed by atoms with van der Waals surface area (Å²) in [4.78, 5) is 2.81. The molecular weight excluding hydrogens is 230 g/mol. The molecular formula is C14H23NOS. The van der Waals surface area contributed by atoms with Crippen LogP contribution in [0.25, 0.3) is 0 Å². The highest BCUT2D eigenvalue weighted by Crippen LogP contribution is 2.29. The first-order valence-corrected chi connectivity index (χ1v) is 7.41. The lowest BCUT2D eigenvalue weighted by Crippen LogP contribution is -2.13. The number of nitrogens with one attached hydrogen (secondary N) is 1. The summed E-state index contributed by atoms with van der Waals surface area (Å²) in [6, 6.07) is 2.28. The van der Waals surface area contributed by atoms with Gasteiger partial charge >= 0.3 is 0 Å². The van der Waals surface area contributed by atoms with Crippen LogP contribution in [0.3, 0.4) is 0 Å². The first kappa shape index (κ1) is 13.1. The lowest BCUT2D eigenvalue weighted by molar-refractivity contribution is 0.0949. The molecule has 0 saturated heterocycles. The van der Waals surface area contributed by atoms with Crippen molar-refractivity contribution < 1.29 is 4.74 Å². The van der Waals surface area contributed by atoms with Crippen LogP contribution in [0.1, 0.15) is 41.0 Å². The molecule has 1 aromatic heterocycles. The predicted octanol–water partition coefficient (Wildman–Crippen LogP) is 3.48. The lowest BCUT2D eigenvalue weighted by Gasteiger charge is -2.24. The minimum atomic E-state index is 0.790. The van der Waals surface area contributed by atoms with Crippen LogP contribution in [0.5, 0.6) is 0 Å². The molecule has 0 radical (unpaired) electrons. The van der Waals surface area contributed by atoms with Gasteiger partial charge in [-0.25, -0.2) is 0 Å². The molecule has 0 aliphatic heterocycles. The maximum atomic E-state index is 5.78. The first-order chi connectivity index (χ1) is 8.29. The van der Waals surface area contributed by atoms with E-state index in [1.807, 2.05) is 18.4 Å². The highest BCUT2D eigenvalue weighted by Gasteiger charge is 2.16. The Morgan fingerprint density at radius 3 is 2.94 bits per heavy atom. The number of hydrogen-bond donors (Lipinski definition) is 1. The van der Waals surface area contributed by atoms with E-state index in [9.17, 15) is 0 Å². The van der Waals surface area contributed by atoms with Crippen molar-refractivity contribution in [3.05, 3.63) is 21.4 Å². The Kier molecular flexibility index (Phi) is 5.01. The smallest absolute Gasteiger partial charge is 0.0727 e. The Morgan fingerprint density at radius 1 is 1.47 bits per heavy atom. The van der Waals surface area contributed by atoms with Crippen molar-refractivity contribution in [2.24, 2.45) is 5.92 Å². The summed E-state index contributed by atoms with van der Waals surface area (Å²) in [5.74, 6) is 0.957. The van der Waals surface area contributed by atoms with Gasteiger partial charge in [-0.2, -0.15) is 0 Å². The summed E-state index contributed by atoms with van der Waals surface area (Å²) in [7, 11) is 1.99. The van der Waals surface area contributed by atoms with Gasteiger partial charge in [0.25, 0.3) is 0 Å². The van der Waals surface area contributed by atoms with Crippen LogP contribution in [-0.2, 0) is 17.9 Å². The molecule has 0 spiro atoms. The van der Waals surface area contributed by atoms with Gasteiger partial charge in [0.1, 0.15) is 0 Å². The Hall–Kier alpha value is -0.380. The van der Waals surface area contributed by atoms with E-state index in [0.29, 0.717) is 0 Å².